The van der Waals surface area contributed by atoms with Crippen LogP contribution in [0.1, 0.15) is 12.0 Å². The normalized spacial score (nSPS) is 11.3. The molecule has 0 radical (unpaired) electrons. The van der Waals surface area contributed by atoms with Gasteiger partial charge in [0.05, 0.1) is 6.61 Å². The van der Waals surface area contributed by atoms with Crippen molar-refractivity contribution in [2.75, 3.05) is 26.9 Å². The van der Waals surface area contributed by atoms with E-state index < -0.39 is 0 Å². The Morgan fingerprint density at radius 3 is 3.00 bits per heavy atom. The highest BCUT2D eigenvalue weighted by Gasteiger charge is 2.02. The summed E-state index contributed by atoms with van der Waals surface area (Å²) in [6, 6.07) is 8.65. The van der Waals surface area contributed by atoms with Crippen LogP contribution in [0, 0.1) is 0 Å². The molecule has 0 aliphatic rings. The molecule has 0 bridgehead atoms. The standard InChI is InChI=1S/C15H22N2O2/c1-19-10-6-16-12-13-3-4-15-14(11-13)5-8-17(15)7-2-9-18/h3-5,8,11,16,18H,2,6-7,9-10,12H2,1H3. The number of nitrogens with one attached hydrogen (secondary N) is 1. The monoisotopic (exact) mass is 262 g/mol. The minimum atomic E-state index is 0.237. The van der Waals surface area contributed by atoms with Crippen molar-refractivity contribution in [3.63, 3.8) is 0 Å². The highest BCUT2D eigenvalue weighted by molar-refractivity contribution is 5.80. The van der Waals surface area contributed by atoms with Gasteiger partial charge in [-0.3, -0.25) is 0 Å². The Morgan fingerprint density at radius 2 is 2.21 bits per heavy atom. The largest absolute Gasteiger partial charge is 0.396 e. The predicted molar refractivity (Wildman–Crippen MR) is 77.2 cm³/mol. The lowest BCUT2D eigenvalue weighted by Crippen LogP contribution is -2.18. The SMILES string of the molecule is COCCNCc1ccc2c(ccn2CCCO)c1. The number of aromatic nitrogens is 1. The van der Waals surface area contributed by atoms with E-state index in [0.717, 1.165) is 32.7 Å². The summed E-state index contributed by atoms with van der Waals surface area (Å²) in [6.45, 7) is 3.57. The predicted octanol–water partition coefficient (Wildman–Crippen LogP) is 1.76. The molecule has 0 amide bonds. The molecule has 0 aliphatic heterocycles. The van der Waals surface area contributed by atoms with E-state index in [2.05, 4.69) is 40.3 Å². The molecule has 1 aromatic carbocycles. The summed E-state index contributed by atoms with van der Waals surface area (Å²) in [5.74, 6) is 0. The van der Waals surface area contributed by atoms with Gasteiger partial charge in [-0.05, 0) is 35.6 Å². The lowest BCUT2D eigenvalue weighted by Gasteiger charge is -2.06. The van der Waals surface area contributed by atoms with Crippen LogP contribution in [0.15, 0.2) is 30.5 Å². The van der Waals surface area contributed by atoms with Gasteiger partial charge in [-0.2, -0.15) is 0 Å². The second kappa shape index (κ2) is 7.28. The molecule has 0 atom stereocenters. The molecule has 104 valence electrons. The number of hydrogen-bond donors (Lipinski definition) is 2. The van der Waals surface area contributed by atoms with Gasteiger partial charge in [0, 0.05) is 45.1 Å². The van der Waals surface area contributed by atoms with Crippen LogP contribution in [0.3, 0.4) is 0 Å². The molecule has 0 fully saturated rings. The molecular formula is C15H22N2O2. The topological polar surface area (TPSA) is 46.4 Å². The van der Waals surface area contributed by atoms with Gasteiger partial charge in [0.15, 0.2) is 0 Å². The number of aryl methyl sites for hydroxylation is 1. The molecular weight excluding hydrogens is 240 g/mol. The highest BCUT2D eigenvalue weighted by atomic mass is 16.5. The first-order valence-electron chi connectivity index (χ1n) is 6.73. The highest BCUT2D eigenvalue weighted by Crippen LogP contribution is 2.18. The number of aliphatic hydroxyl groups excluding tert-OH is 1. The van der Waals surface area contributed by atoms with Crippen molar-refractivity contribution in [3.8, 4) is 0 Å². The molecule has 0 saturated heterocycles. The van der Waals surface area contributed by atoms with Crippen molar-refractivity contribution in [3.05, 3.63) is 36.0 Å². The summed E-state index contributed by atoms with van der Waals surface area (Å²) in [4.78, 5) is 0. The Balaban J connectivity index is 2.01. The summed E-state index contributed by atoms with van der Waals surface area (Å²) >= 11 is 0. The van der Waals surface area contributed by atoms with Crippen molar-refractivity contribution < 1.29 is 9.84 Å². The molecule has 0 unspecified atom stereocenters. The quantitative estimate of drug-likeness (QED) is 0.713. The number of rotatable bonds is 8. The van der Waals surface area contributed by atoms with Gasteiger partial charge in [-0.25, -0.2) is 0 Å². The van der Waals surface area contributed by atoms with Crippen LogP contribution in [-0.2, 0) is 17.8 Å². The van der Waals surface area contributed by atoms with Crippen molar-refractivity contribution in [2.45, 2.75) is 19.5 Å². The Labute approximate surface area is 114 Å². The zero-order valence-corrected chi connectivity index (χ0v) is 11.4. The van der Waals surface area contributed by atoms with Crippen LogP contribution in [0.2, 0.25) is 0 Å². The Bertz CT molecular complexity index is 508. The van der Waals surface area contributed by atoms with E-state index in [1.165, 1.54) is 16.5 Å². The maximum absolute atomic E-state index is 8.89. The first kappa shape index (κ1) is 14.1. The lowest BCUT2D eigenvalue weighted by molar-refractivity contribution is 0.199. The molecule has 4 nitrogen and oxygen atoms in total. The number of ether oxygens (including phenoxy) is 1. The van der Waals surface area contributed by atoms with Gasteiger partial charge < -0.3 is 19.7 Å². The third kappa shape index (κ3) is 3.80. The summed E-state index contributed by atoms with van der Waals surface area (Å²) in [7, 11) is 1.71. The maximum Gasteiger partial charge on any atom is 0.0587 e. The third-order valence-electron chi connectivity index (χ3n) is 3.20. The molecule has 1 heterocycles. The summed E-state index contributed by atoms with van der Waals surface area (Å²) < 4.78 is 7.19. The van der Waals surface area contributed by atoms with E-state index in [0.29, 0.717) is 0 Å². The Hall–Kier alpha value is -1.36. The van der Waals surface area contributed by atoms with Crippen molar-refractivity contribution in [1.29, 1.82) is 0 Å². The maximum atomic E-state index is 8.89. The number of hydrogen-bond acceptors (Lipinski definition) is 3. The van der Waals surface area contributed by atoms with E-state index in [1.807, 2.05) is 0 Å². The van der Waals surface area contributed by atoms with Crippen LogP contribution in [-0.4, -0.2) is 36.5 Å². The van der Waals surface area contributed by atoms with Crippen molar-refractivity contribution >= 4 is 10.9 Å². The Morgan fingerprint density at radius 1 is 1.32 bits per heavy atom. The fourth-order valence-corrected chi connectivity index (χ4v) is 2.20. The van der Waals surface area contributed by atoms with Gasteiger partial charge in [0.25, 0.3) is 0 Å². The summed E-state index contributed by atoms with van der Waals surface area (Å²) in [6.07, 6.45) is 2.88. The van der Waals surface area contributed by atoms with E-state index in [1.54, 1.807) is 7.11 Å². The number of methoxy groups -OCH3 is 1. The zero-order chi connectivity index (χ0) is 13.5. The minimum absolute atomic E-state index is 0.237. The van der Waals surface area contributed by atoms with Crippen LogP contribution in [0.4, 0.5) is 0 Å². The number of aliphatic hydroxyl groups is 1. The van der Waals surface area contributed by atoms with Crippen molar-refractivity contribution in [1.82, 2.24) is 9.88 Å². The molecule has 0 spiro atoms. The molecule has 2 N–H and O–H groups in total. The van der Waals surface area contributed by atoms with Crippen LogP contribution in [0.25, 0.3) is 10.9 Å². The Kier molecular flexibility index (Phi) is 5.39. The first-order valence-corrected chi connectivity index (χ1v) is 6.73. The number of fused-ring (bicyclic) bond motifs is 1. The van der Waals surface area contributed by atoms with E-state index in [9.17, 15) is 0 Å². The second-order valence-corrected chi connectivity index (χ2v) is 4.65. The average Bonchev–Trinajstić information content (AvgIpc) is 2.84. The lowest BCUT2D eigenvalue weighted by atomic mass is 10.1. The van der Waals surface area contributed by atoms with Crippen molar-refractivity contribution in [2.24, 2.45) is 0 Å². The third-order valence-corrected chi connectivity index (χ3v) is 3.20. The number of nitrogens with zero attached hydrogens (tertiary/aromatic N) is 1. The van der Waals surface area contributed by atoms with Gasteiger partial charge in [0.1, 0.15) is 0 Å². The smallest absolute Gasteiger partial charge is 0.0587 e. The molecule has 4 heteroatoms. The minimum Gasteiger partial charge on any atom is -0.396 e. The molecule has 2 aromatic rings. The fraction of sp³-hybridized carbons (Fsp3) is 0.467. The molecule has 1 aromatic heterocycles. The first-order chi connectivity index (χ1) is 9.35. The van der Waals surface area contributed by atoms with Crippen LogP contribution < -0.4 is 5.32 Å². The number of benzene rings is 1. The molecule has 19 heavy (non-hydrogen) atoms. The van der Waals surface area contributed by atoms with Crippen LogP contribution >= 0.6 is 0 Å². The van der Waals surface area contributed by atoms with Gasteiger partial charge in [0.2, 0.25) is 0 Å². The van der Waals surface area contributed by atoms with E-state index >= 15 is 0 Å². The second-order valence-electron chi connectivity index (χ2n) is 4.65. The zero-order valence-electron chi connectivity index (χ0n) is 11.4. The van der Waals surface area contributed by atoms with E-state index in [4.69, 9.17) is 9.84 Å². The summed E-state index contributed by atoms with van der Waals surface area (Å²) in [5, 5.41) is 13.5. The van der Waals surface area contributed by atoms with Gasteiger partial charge in [-0.15, -0.1) is 0 Å². The molecule has 0 aliphatic carbocycles. The molecule has 0 saturated carbocycles. The fourth-order valence-electron chi connectivity index (χ4n) is 2.20. The summed E-state index contributed by atoms with van der Waals surface area (Å²) in [5.41, 5.74) is 2.51. The average molecular weight is 262 g/mol. The van der Waals surface area contributed by atoms with E-state index in [-0.39, 0.29) is 6.61 Å². The van der Waals surface area contributed by atoms with Gasteiger partial charge >= 0.3 is 0 Å². The van der Waals surface area contributed by atoms with Crippen LogP contribution in [0.5, 0.6) is 0 Å². The molecule has 2 rings (SSSR count). The van der Waals surface area contributed by atoms with Gasteiger partial charge in [-0.1, -0.05) is 6.07 Å².